The van der Waals surface area contributed by atoms with Gasteiger partial charge in [0.25, 0.3) is 0 Å². The molecule has 1 aromatic carbocycles. The third-order valence-electron chi connectivity index (χ3n) is 5.64. The van der Waals surface area contributed by atoms with Gasteiger partial charge in [-0.05, 0) is 50.5 Å². The molecule has 1 aliphatic heterocycles. The topological polar surface area (TPSA) is 46.3 Å². The predicted octanol–water partition coefficient (Wildman–Crippen LogP) is 2.99. The highest BCUT2D eigenvalue weighted by molar-refractivity contribution is 5.84. The lowest BCUT2D eigenvalue weighted by Crippen LogP contribution is -2.53. The second kappa shape index (κ2) is 6.41. The average molecular weight is 300 g/mol. The molecule has 2 unspecified atom stereocenters. The van der Waals surface area contributed by atoms with Gasteiger partial charge in [0.1, 0.15) is 0 Å². The molecule has 1 saturated carbocycles. The summed E-state index contributed by atoms with van der Waals surface area (Å²) in [5.41, 5.74) is 7.22. The first-order chi connectivity index (χ1) is 10.6. The molecule has 2 atom stereocenters. The zero-order chi connectivity index (χ0) is 15.6. The maximum absolute atomic E-state index is 13.2. The summed E-state index contributed by atoms with van der Waals surface area (Å²) in [4.78, 5) is 15.3. The first-order valence-electron chi connectivity index (χ1n) is 8.70. The van der Waals surface area contributed by atoms with E-state index in [-0.39, 0.29) is 11.5 Å². The van der Waals surface area contributed by atoms with E-state index in [1.165, 1.54) is 12.0 Å². The molecule has 2 N–H and O–H groups in total. The van der Waals surface area contributed by atoms with Crippen LogP contribution in [0.3, 0.4) is 0 Å². The van der Waals surface area contributed by atoms with E-state index >= 15 is 0 Å². The summed E-state index contributed by atoms with van der Waals surface area (Å²) < 4.78 is 0. The number of likely N-dealkylation sites (tertiary alicyclic amines) is 1. The number of rotatable bonds is 4. The van der Waals surface area contributed by atoms with E-state index in [1.807, 2.05) is 6.07 Å². The molecule has 0 spiro atoms. The van der Waals surface area contributed by atoms with Gasteiger partial charge in [-0.2, -0.15) is 0 Å². The third kappa shape index (κ3) is 3.05. The van der Waals surface area contributed by atoms with Gasteiger partial charge in [-0.3, -0.25) is 4.79 Å². The van der Waals surface area contributed by atoms with E-state index < -0.39 is 0 Å². The molecule has 1 saturated heterocycles. The van der Waals surface area contributed by atoms with Gasteiger partial charge in [0, 0.05) is 19.1 Å². The molecule has 22 heavy (non-hydrogen) atoms. The summed E-state index contributed by atoms with van der Waals surface area (Å²) in [5, 5.41) is 0. The van der Waals surface area contributed by atoms with Gasteiger partial charge in [0.15, 0.2) is 0 Å². The Morgan fingerprint density at radius 1 is 1.32 bits per heavy atom. The Labute approximate surface area is 133 Å². The Balaban J connectivity index is 1.71. The van der Waals surface area contributed by atoms with E-state index in [1.54, 1.807) is 0 Å². The van der Waals surface area contributed by atoms with Crippen LogP contribution in [0.15, 0.2) is 30.3 Å². The molecule has 2 fully saturated rings. The average Bonchev–Trinajstić information content (AvgIpc) is 2.51. The monoisotopic (exact) mass is 300 g/mol. The Hall–Kier alpha value is -1.35. The van der Waals surface area contributed by atoms with Crippen molar-refractivity contribution in [3.63, 3.8) is 0 Å². The minimum Gasteiger partial charge on any atom is -0.342 e. The fourth-order valence-corrected chi connectivity index (χ4v) is 4.02. The Morgan fingerprint density at radius 3 is 2.64 bits per heavy atom. The first kappa shape index (κ1) is 15.5. The Morgan fingerprint density at radius 2 is 2.05 bits per heavy atom. The highest BCUT2D eigenvalue weighted by Gasteiger charge is 2.46. The van der Waals surface area contributed by atoms with Crippen LogP contribution in [0.2, 0.25) is 0 Å². The number of nitrogens with zero attached hydrogens (tertiary/aromatic N) is 1. The lowest BCUT2D eigenvalue weighted by Gasteiger charge is -2.46. The molecule has 1 aliphatic carbocycles. The second-order valence-corrected chi connectivity index (χ2v) is 7.31. The van der Waals surface area contributed by atoms with Crippen LogP contribution in [0.5, 0.6) is 0 Å². The molecule has 1 amide bonds. The number of hydrogen-bond donors (Lipinski definition) is 1. The number of nitrogens with two attached hydrogens (primary N) is 1. The molecule has 3 nitrogen and oxygen atoms in total. The van der Waals surface area contributed by atoms with Crippen molar-refractivity contribution in [3.05, 3.63) is 35.9 Å². The van der Waals surface area contributed by atoms with Crippen LogP contribution in [0, 0.1) is 11.3 Å². The first-order valence-corrected chi connectivity index (χ1v) is 8.70. The van der Waals surface area contributed by atoms with E-state index in [0.717, 1.165) is 45.2 Å². The zero-order valence-electron chi connectivity index (χ0n) is 13.6. The minimum absolute atomic E-state index is 0.138. The number of carbonyl (C=O) groups excluding carboxylic acids is 1. The van der Waals surface area contributed by atoms with E-state index in [4.69, 9.17) is 5.73 Å². The third-order valence-corrected chi connectivity index (χ3v) is 5.64. The van der Waals surface area contributed by atoms with Gasteiger partial charge in [-0.1, -0.05) is 36.8 Å². The maximum Gasteiger partial charge on any atom is 0.229 e. The van der Waals surface area contributed by atoms with Gasteiger partial charge >= 0.3 is 0 Å². The molecular formula is C19H28N2O. The summed E-state index contributed by atoms with van der Waals surface area (Å²) in [7, 11) is 0. The Bertz CT molecular complexity index is 507. The number of carbonyl (C=O) groups is 1. The van der Waals surface area contributed by atoms with E-state index in [9.17, 15) is 4.79 Å². The standard InChI is InChI=1S/C19H28N2O/c1-15(20)17-9-5-12-21(14-17)18(22)19(10-6-11-19)13-16-7-3-2-4-8-16/h2-4,7-8,15,17H,5-6,9-14,20H2,1H3. The van der Waals surface area contributed by atoms with Gasteiger partial charge < -0.3 is 10.6 Å². The zero-order valence-corrected chi connectivity index (χ0v) is 13.6. The number of amides is 1. The maximum atomic E-state index is 13.2. The SMILES string of the molecule is CC(N)C1CCCN(C(=O)C2(Cc3ccccc3)CCC2)C1. The number of hydrogen-bond acceptors (Lipinski definition) is 2. The van der Waals surface area contributed by atoms with Crippen molar-refractivity contribution < 1.29 is 4.79 Å². The Kier molecular flexibility index (Phi) is 4.53. The molecule has 0 bridgehead atoms. The molecule has 3 heteroatoms. The molecular weight excluding hydrogens is 272 g/mol. The van der Waals surface area contributed by atoms with Crippen molar-refractivity contribution in [2.24, 2.45) is 17.1 Å². The fourth-order valence-electron chi connectivity index (χ4n) is 4.02. The highest BCUT2D eigenvalue weighted by Crippen LogP contribution is 2.45. The largest absolute Gasteiger partial charge is 0.342 e. The van der Waals surface area contributed by atoms with Gasteiger partial charge in [0.2, 0.25) is 5.91 Å². The minimum atomic E-state index is -0.138. The van der Waals surface area contributed by atoms with E-state index in [2.05, 4.69) is 36.1 Å². The molecule has 0 aromatic heterocycles. The van der Waals surface area contributed by atoms with Gasteiger partial charge in [0.05, 0.1) is 5.41 Å². The van der Waals surface area contributed by atoms with Crippen molar-refractivity contribution >= 4 is 5.91 Å². The smallest absolute Gasteiger partial charge is 0.229 e. The lowest BCUT2D eigenvalue weighted by molar-refractivity contribution is -0.149. The molecule has 2 aliphatic rings. The van der Waals surface area contributed by atoms with Crippen molar-refractivity contribution in [3.8, 4) is 0 Å². The summed E-state index contributed by atoms with van der Waals surface area (Å²) >= 11 is 0. The lowest BCUT2D eigenvalue weighted by atomic mass is 9.64. The van der Waals surface area contributed by atoms with Crippen LogP contribution in [-0.4, -0.2) is 29.9 Å². The van der Waals surface area contributed by atoms with Crippen molar-refractivity contribution in [2.45, 2.75) is 51.5 Å². The number of benzene rings is 1. The fraction of sp³-hybridized carbons (Fsp3) is 0.632. The quantitative estimate of drug-likeness (QED) is 0.929. The van der Waals surface area contributed by atoms with Crippen LogP contribution in [0.25, 0.3) is 0 Å². The van der Waals surface area contributed by atoms with Gasteiger partial charge in [-0.25, -0.2) is 0 Å². The molecule has 1 heterocycles. The summed E-state index contributed by atoms with van der Waals surface area (Å²) in [6.45, 7) is 3.84. The van der Waals surface area contributed by atoms with Crippen LogP contribution in [0.4, 0.5) is 0 Å². The molecule has 1 aromatic rings. The van der Waals surface area contributed by atoms with Crippen molar-refractivity contribution in [2.75, 3.05) is 13.1 Å². The van der Waals surface area contributed by atoms with Crippen LogP contribution >= 0.6 is 0 Å². The van der Waals surface area contributed by atoms with Crippen LogP contribution in [0.1, 0.15) is 44.6 Å². The second-order valence-electron chi connectivity index (χ2n) is 7.31. The summed E-state index contributed by atoms with van der Waals surface area (Å²) in [6.07, 6.45) is 6.42. The van der Waals surface area contributed by atoms with Crippen molar-refractivity contribution in [1.82, 2.24) is 4.90 Å². The van der Waals surface area contributed by atoms with Crippen LogP contribution in [-0.2, 0) is 11.2 Å². The summed E-state index contributed by atoms with van der Waals surface area (Å²) in [6, 6.07) is 10.7. The van der Waals surface area contributed by atoms with E-state index in [0.29, 0.717) is 11.8 Å². The molecule has 3 rings (SSSR count). The normalized spacial score (nSPS) is 25.4. The number of piperidine rings is 1. The predicted molar refractivity (Wildman–Crippen MR) is 89.4 cm³/mol. The van der Waals surface area contributed by atoms with Gasteiger partial charge in [-0.15, -0.1) is 0 Å². The molecule has 120 valence electrons. The molecule has 0 radical (unpaired) electrons. The highest BCUT2D eigenvalue weighted by atomic mass is 16.2. The van der Waals surface area contributed by atoms with Crippen molar-refractivity contribution in [1.29, 1.82) is 0 Å². The summed E-state index contributed by atoms with van der Waals surface area (Å²) in [5.74, 6) is 0.847. The van der Waals surface area contributed by atoms with Crippen LogP contribution < -0.4 is 5.73 Å².